The van der Waals surface area contributed by atoms with Gasteiger partial charge in [0, 0.05) is 5.56 Å². The van der Waals surface area contributed by atoms with Crippen molar-refractivity contribution in [2.45, 2.75) is 131 Å². The van der Waals surface area contributed by atoms with Crippen LogP contribution in [0.5, 0.6) is 11.5 Å². The highest BCUT2D eigenvalue weighted by atomic mass is 16.5. The number of fused-ring (bicyclic) bond motifs is 1. The maximum Gasteiger partial charge on any atom is 0.127 e. The zero-order valence-corrected chi connectivity index (χ0v) is 22.8. The van der Waals surface area contributed by atoms with E-state index in [0.29, 0.717) is 5.75 Å². The fourth-order valence-electron chi connectivity index (χ4n) is 5.56. The minimum Gasteiger partial charge on any atom is -0.507 e. The molecule has 1 aromatic carbocycles. The number of aromatic hydroxyl groups is 1. The fraction of sp³-hybridized carbons (Fsp3) is 0.625. The van der Waals surface area contributed by atoms with Gasteiger partial charge in [-0.15, -0.1) is 0 Å². The Kier molecular flexibility index (Phi) is 9.51. The van der Waals surface area contributed by atoms with Crippen molar-refractivity contribution < 1.29 is 9.84 Å². The average Bonchev–Trinajstić information content (AvgIpc) is 2.82. The molecular weight excluding hydrogens is 416 g/mol. The number of rotatable bonds is 9. The summed E-state index contributed by atoms with van der Waals surface area (Å²) in [6.45, 7) is 12.9. The molecule has 188 valence electrons. The van der Waals surface area contributed by atoms with Gasteiger partial charge < -0.3 is 9.84 Å². The number of benzene rings is 1. The number of hydrogen-bond donors (Lipinski definition) is 1. The van der Waals surface area contributed by atoms with Gasteiger partial charge in [-0.1, -0.05) is 41.4 Å². The molecule has 2 nitrogen and oxygen atoms in total. The van der Waals surface area contributed by atoms with Gasteiger partial charge in [0.05, 0.1) is 0 Å². The average molecular weight is 465 g/mol. The van der Waals surface area contributed by atoms with Crippen molar-refractivity contribution in [3.05, 3.63) is 57.2 Å². The molecule has 0 bridgehead atoms. The molecule has 1 aliphatic carbocycles. The first-order valence-corrected chi connectivity index (χ1v) is 13.7. The van der Waals surface area contributed by atoms with Gasteiger partial charge in [0.25, 0.3) is 0 Å². The van der Waals surface area contributed by atoms with E-state index in [0.717, 1.165) is 61.0 Å². The van der Waals surface area contributed by atoms with Crippen LogP contribution in [0.4, 0.5) is 0 Å². The van der Waals surface area contributed by atoms with Crippen LogP contribution in [0.1, 0.15) is 120 Å². The molecular formula is C32H48O2. The van der Waals surface area contributed by atoms with Crippen molar-refractivity contribution in [1.82, 2.24) is 0 Å². The van der Waals surface area contributed by atoms with Gasteiger partial charge in [0.1, 0.15) is 17.1 Å². The molecule has 0 amide bonds. The van der Waals surface area contributed by atoms with Crippen LogP contribution in [0.2, 0.25) is 0 Å². The number of phenolic OH excluding ortho intramolecular Hbond substituents is 1. The lowest BCUT2D eigenvalue weighted by Crippen LogP contribution is -2.37. The van der Waals surface area contributed by atoms with Crippen LogP contribution in [-0.2, 0) is 6.42 Å². The molecule has 0 aromatic heterocycles. The van der Waals surface area contributed by atoms with Crippen LogP contribution >= 0.6 is 0 Å². The predicted molar refractivity (Wildman–Crippen MR) is 146 cm³/mol. The summed E-state index contributed by atoms with van der Waals surface area (Å²) in [7, 11) is 0. The van der Waals surface area contributed by atoms with Crippen LogP contribution in [0.3, 0.4) is 0 Å². The van der Waals surface area contributed by atoms with Gasteiger partial charge in [-0.2, -0.15) is 0 Å². The third-order valence-electron chi connectivity index (χ3n) is 8.26. The Labute approximate surface area is 209 Å². The third-order valence-corrected chi connectivity index (χ3v) is 8.26. The molecule has 34 heavy (non-hydrogen) atoms. The van der Waals surface area contributed by atoms with Crippen LogP contribution in [0.15, 0.2) is 34.9 Å². The summed E-state index contributed by atoms with van der Waals surface area (Å²) < 4.78 is 6.59. The molecule has 0 spiro atoms. The Balaban J connectivity index is 1.44. The van der Waals surface area contributed by atoms with Crippen molar-refractivity contribution in [2.75, 3.05) is 0 Å². The molecule has 1 N–H and O–H groups in total. The van der Waals surface area contributed by atoms with Gasteiger partial charge in [-0.05, 0) is 135 Å². The molecule has 1 aromatic rings. The quantitative estimate of drug-likeness (QED) is 0.369. The summed E-state index contributed by atoms with van der Waals surface area (Å²) in [6, 6.07) is 0. The second-order valence-corrected chi connectivity index (χ2v) is 11.2. The molecule has 0 saturated heterocycles. The minimum atomic E-state index is -0.131. The van der Waals surface area contributed by atoms with E-state index in [1.165, 1.54) is 61.7 Å². The van der Waals surface area contributed by atoms with Gasteiger partial charge >= 0.3 is 0 Å². The number of allylic oxidation sites excluding steroid dienone is 6. The topological polar surface area (TPSA) is 29.5 Å². The standard InChI is InChI=1S/C32H48O2/c1-23(15-11-19-28-17-8-7-9-18-28)13-10-14-24(2)16-12-21-32(6)22-20-29-27(5)30(33)25(3)26(4)31(29)34-32/h13,16,19,33H,7-12,14-15,17-18,20-22H2,1-6H3/b23-13+,24-16+/t32-/m1/s1. The largest absolute Gasteiger partial charge is 0.507 e. The van der Waals surface area contributed by atoms with Crippen LogP contribution in [-0.4, -0.2) is 10.7 Å². The highest BCUT2D eigenvalue weighted by molar-refractivity contribution is 5.58. The summed E-state index contributed by atoms with van der Waals surface area (Å²) >= 11 is 0. The molecule has 2 aliphatic rings. The molecule has 0 radical (unpaired) electrons. The van der Waals surface area contributed by atoms with Crippen LogP contribution in [0.25, 0.3) is 0 Å². The second kappa shape index (κ2) is 12.1. The molecule has 1 atom stereocenters. The van der Waals surface area contributed by atoms with E-state index >= 15 is 0 Å². The molecule has 2 heteroatoms. The van der Waals surface area contributed by atoms with Crippen molar-refractivity contribution in [1.29, 1.82) is 0 Å². The van der Waals surface area contributed by atoms with E-state index in [1.807, 2.05) is 13.8 Å². The highest BCUT2D eigenvalue weighted by Crippen LogP contribution is 2.44. The van der Waals surface area contributed by atoms with Gasteiger partial charge in [-0.25, -0.2) is 0 Å². The maximum absolute atomic E-state index is 10.4. The smallest absolute Gasteiger partial charge is 0.127 e. The first-order chi connectivity index (χ1) is 16.2. The second-order valence-electron chi connectivity index (χ2n) is 11.2. The molecule has 1 fully saturated rings. The lowest BCUT2D eigenvalue weighted by atomic mass is 9.85. The van der Waals surface area contributed by atoms with E-state index in [9.17, 15) is 5.11 Å². The maximum atomic E-state index is 10.4. The van der Waals surface area contributed by atoms with E-state index < -0.39 is 0 Å². The predicted octanol–water partition coefficient (Wildman–Crippen LogP) is 9.52. The summed E-state index contributed by atoms with van der Waals surface area (Å²) in [5.41, 5.74) is 8.82. The van der Waals surface area contributed by atoms with Gasteiger partial charge in [0.15, 0.2) is 0 Å². The highest BCUT2D eigenvalue weighted by Gasteiger charge is 2.33. The van der Waals surface area contributed by atoms with Crippen molar-refractivity contribution in [3.63, 3.8) is 0 Å². The summed E-state index contributed by atoms with van der Waals surface area (Å²) in [6.07, 6.45) is 23.1. The number of hydrogen-bond acceptors (Lipinski definition) is 2. The fourth-order valence-corrected chi connectivity index (χ4v) is 5.56. The van der Waals surface area contributed by atoms with Gasteiger partial charge in [0.2, 0.25) is 0 Å². The van der Waals surface area contributed by atoms with Crippen LogP contribution < -0.4 is 4.74 Å². The van der Waals surface area contributed by atoms with E-state index in [1.54, 1.807) is 5.57 Å². The van der Waals surface area contributed by atoms with Crippen molar-refractivity contribution in [2.24, 2.45) is 0 Å². The first kappa shape index (κ1) is 26.6. The molecule has 1 heterocycles. The van der Waals surface area contributed by atoms with E-state index in [-0.39, 0.29) is 5.60 Å². The van der Waals surface area contributed by atoms with Gasteiger partial charge in [-0.3, -0.25) is 0 Å². The lowest BCUT2D eigenvalue weighted by molar-refractivity contribution is 0.0558. The summed E-state index contributed by atoms with van der Waals surface area (Å²) in [5, 5.41) is 10.4. The Morgan fingerprint density at radius 3 is 2.21 bits per heavy atom. The molecule has 0 unspecified atom stereocenters. The molecule has 1 saturated carbocycles. The van der Waals surface area contributed by atoms with Crippen LogP contribution in [0, 0.1) is 20.8 Å². The molecule has 1 aliphatic heterocycles. The number of phenols is 1. The minimum absolute atomic E-state index is 0.131. The monoisotopic (exact) mass is 464 g/mol. The van der Waals surface area contributed by atoms with Crippen molar-refractivity contribution in [3.8, 4) is 11.5 Å². The molecule has 3 rings (SSSR count). The number of ether oxygens (including phenoxy) is 1. The Morgan fingerprint density at radius 1 is 0.853 bits per heavy atom. The Morgan fingerprint density at radius 2 is 1.50 bits per heavy atom. The Hall–Kier alpha value is -1.96. The normalized spacial score (nSPS) is 21.3. The Bertz CT molecular complexity index is 938. The third kappa shape index (κ3) is 7.03. The zero-order valence-electron chi connectivity index (χ0n) is 22.8. The SMILES string of the molecule is C/C(=C\CC/C(C)=C/CC[C@]1(C)CCc2c(C)c(O)c(C)c(C)c2O1)CCC=C1CCCCC1. The van der Waals surface area contributed by atoms with Crippen molar-refractivity contribution >= 4 is 0 Å². The zero-order chi connectivity index (χ0) is 24.7. The van der Waals surface area contributed by atoms with E-state index in [4.69, 9.17) is 4.74 Å². The summed E-state index contributed by atoms with van der Waals surface area (Å²) in [4.78, 5) is 0. The summed E-state index contributed by atoms with van der Waals surface area (Å²) in [5.74, 6) is 1.45. The lowest BCUT2D eigenvalue weighted by Gasteiger charge is -2.38. The van der Waals surface area contributed by atoms with E-state index in [2.05, 4.69) is 45.9 Å². The first-order valence-electron chi connectivity index (χ1n) is 13.7.